The molecule has 3 N–H and O–H groups in total. The van der Waals surface area contributed by atoms with Gasteiger partial charge in [-0.3, -0.25) is 4.79 Å². The minimum Gasteiger partial charge on any atom is -0.481 e. The van der Waals surface area contributed by atoms with E-state index in [0.29, 0.717) is 0 Å². The SMILES string of the molecule is CNC(=O)NCC(C)(C)C(=O)O. The summed E-state index contributed by atoms with van der Waals surface area (Å²) in [7, 11) is 1.48. The largest absolute Gasteiger partial charge is 0.481 e. The summed E-state index contributed by atoms with van der Waals surface area (Å²) in [5, 5.41) is 13.4. The molecule has 0 saturated carbocycles. The molecule has 0 aliphatic rings. The number of aliphatic carboxylic acids is 1. The van der Waals surface area contributed by atoms with E-state index in [9.17, 15) is 9.59 Å². The number of carboxylic acids is 1. The first-order valence-corrected chi connectivity index (χ1v) is 3.59. The van der Waals surface area contributed by atoms with Crippen LogP contribution in [0, 0.1) is 5.41 Å². The first-order chi connectivity index (χ1) is 5.40. The van der Waals surface area contributed by atoms with Crippen LogP contribution >= 0.6 is 0 Å². The molecular weight excluding hydrogens is 160 g/mol. The van der Waals surface area contributed by atoms with Gasteiger partial charge in [-0.25, -0.2) is 4.79 Å². The number of amides is 2. The third-order valence-electron chi connectivity index (χ3n) is 1.50. The van der Waals surface area contributed by atoms with Gasteiger partial charge in [-0.15, -0.1) is 0 Å². The first kappa shape index (κ1) is 10.7. The van der Waals surface area contributed by atoms with Crippen molar-refractivity contribution in [3.8, 4) is 0 Å². The second-order valence-corrected chi connectivity index (χ2v) is 3.12. The number of hydrogen-bond donors (Lipinski definition) is 3. The van der Waals surface area contributed by atoms with Crippen LogP contribution in [-0.4, -0.2) is 30.7 Å². The van der Waals surface area contributed by atoms with Gasteiger partial charge in [0.1, 0.15) is 0 Å². The third kappa shape index (κ3) is 3.23. The lowest BCUT2D eigenvalue weighted by Gasteiger charge is -2.18. The Kier molecular flexibility index (Phi) is 3.53. The summed E-state index contributed by atoms with van der Waals surface area (Å²) in [6, 6.07) is -0.371. The smallest absolute Gasteiger partial charge is 0.314 e. The fourth-order valence-corrected chi connectivity index (χ4v) is 0.465. The van der Waals surface area contributed by atoms with Gasteiger partial charge in [0.2, 0.25) is 0 Å². The average Bonchev–Trinajstić information content (AvgIpc) is 2.00. The highest BCUT2D eigenvalue weighted by atomic mass is 16.4. The molecular formula is C7H14N2O3. The van der Waals surface area contributed by atoms with E-state index in [1.165, 1.54) is 7.05 Å². The van der Waals surface area contributed by atoms with Gasteiger partial charge < -0.3 is 15.7 Å². The molecule has 0 aliphatic heterocycles. The Morgan fingerprint density at radius 3 is 2.25 bits per heavy atom. The van der Waals surface area contributed by atoms with Gasteiger partial charge in [0.25, 0.3) is 0 Å². The lowest BCUT2D eigenvalue weighted by molar-refractivity contribution is -0.146. The predicted octanol–water partition coefficient (Wildman–Crippen LogP) is 0.0262. The summed E-state index contributed by atoms with van der Waals surface area (Å²) < 4.78 is 0. The number of carbonyl (C=O) groups excluding carboxylic acids is 1. The molecule has 0 bridgehead atoms. The second kappa shape index (κ2) is 3.94. The van der Waals surface area contributed by atoms with Gasteiger partial charge in [0, 0.05) is 13.6 Å². The molecule has 2 amide bonds. The van der Waals surface area contributed by atoms with Gasteiger partial charge >= 0.3 is 12.0 Å². The van der Waals surface area contributed by atoms with Crippen LogP contribution < -0.4 is 10.6 Å². The van der Waals surface area contributed by atoms with Crippen LogP contribution in [0.5, 0.6) is 0 Å². The van der Waals surface area contributed by atoms with E-state index in [-0.39, 0.29) is 12.6 Å². The first-order valence-electron chi connectivity index (χ1n) is 3.59. The molecule has 0 atom stereocenters. The van der Waals surface area contributed by atoms with E-state index in [1.807, 2.05) is 0 Å². The molecule has 0 aromatic heterocycles. The molecule has 0 aromatic rings. The maximum atomic E-state index is 10.7. The molecule has 0 aromatic carbocycles. The lowest BCUT2D eigenvalue weighted by atomic mass is 9.94. The molecule has 0 saturated heterocycles. The van der Waals surface area contributed by atoms with Crippen molar-refractivity contribution in [2.75, 3.05) is 13.6 Å². The highest BCUT2D eigenvalue weighted by Gasteiger charge is 2.27. The van der Waals surface area contributed by atoms with E-state index in [1.54, 1.807) is 13.8 Å². The number of urea groups is 1. The molecule has 0 unspecified atom stereocenters. The summed E-state index contributed by atoms with van der Waals surface area (Å²) in [5.41, 5.74) is -0.924. The summed E-state index contributed by atoms with van der Waals surface area (Å²) >= 11 is 0. The number of rotatable bonds is 3. The number of carboxylic acid groups (broad SMARTS) is 1. The zero-order valence-corrected chi connectivity index (χ0v) is 7.47. The summed E-state index contributed by atoms with van der Waals surface area (Å²) in [6.07, 6.45) is 0. The van der Waals surface area contributed by atoms with E-state index >= 15 is 0 Å². The van der Waals surface area contributed by atoms with Gasteiger partial charge in [-0.05, 0) is 13.8 Å². The normalized spacial score (nSPS) is 10.6. The zero-order chi connectivity index (χ0) is 9.78. The molecule has 0 spiro atoms. The van der Waals surface area contributed by atoms with Crippen LogP contribution in [0.1, 0.15) is 13.8 Å². The van der Waals surface area contributed by atoms with Crippen LogP contribution in [0.3, 0.4) is 0 Å². The molecule has 12 heavy (non-hydrogen) atoms. The molecule has 5 nitrogen and oxygen atoms in total. The standard InChI is InChI=1S/C7H14N2O3/c1-7(2,5(10)11)4-9-6(12)8-3/h4H2,1-3H3,(H,10,11)(H2,8,9,12). The van der Waals surface area contributed by atoms with Gasteiger partial charge in [-0.2, -0.15) is 0 Å². The number of carbonyl (C=O) groups is 2. The van der Waals surface area contributed by atoms with Crippen molar-refractivity contribution in [1.29, 1.82) is 0 Å². The van der Waals surface area contributed by atoms with E-state index in [0.717, 1.165) is 0 Å². The van der Waals surface area contributed by atoms with Gasteiger partial charge in [0.15, 0.2) is 0 Å². The minimum atomic E-state index is -0.932. The maximum absolute atomic E-state index is 10.7. The zero-order valence-electron chi connectivity index (χ0n) is 7.47. The van der Waals surface area contributed by atoms with Crippen LogP contribution in [-0.2, 0) is 4.79 Å². The Bertz CT molecular complexity index is 189. The van der Waals surface area contributed by atoms with E-state index < -0.39 is 11.4 Å². The van der Waals surface area contributed by atoms with Crippen molar-refractivity contribution >= 4 is 12.0 Å². The van der Waals surface area contributed by atoms with Crippen molar-refractivity contribution < 1.29 is 14.7 Å². The fourth-order valence-electron chi connectivity index (χ4n) is 0.465. The quantitative estimate of drug-likeness (QED) is 0.564. The van der Waals surface area contributed by atoms with Crippen molar-refractivity contribution in [2.45, 2.75) is 13.8 Å². The van der Waals surface area contributed by atoms with Gasteiger partial charge in [0.05, 0.1) is 5.41 Å². The van der Waals surface area contributed by atoms with Gasteiger partial charge in [-0.1, -0.05) is 0 Å². The summed E-state index contributed by atoms with van der Waals surface area (Å²) in [5.74, 6) is -0.932. The fraction of sp³-hybridized carbons (Fsp3) is 0.714. The van der Waals surface area contributed by atoms with Crippen LogP contribution in [0.4, 0.5) is 4.79 Å². The van der Waals surface area contributed by atoms with E-state index in [2.05, 4.69) is 10.6 Å². The average molecular weight is 174 g/mol. The van der Waals surface area contributed by atoms with Crippen LogP contribution in [0.2, 0.25) is 0 Å². The topological polar surface area (TPSA) is 78.4 Å². The van der Waals surface area contributed by atoms with Crippen molar-refractivity contribution in [1.82, 2.24) is 10.6 Å². The molecule has 0 aliphatic carbocycles. The van der Waals surface area contributed by atoms with Crippen LogP contribution in [0.15, 0.2) is 0 Å². The number of hydrogen-bond acceptors (Lipinski definition) is 2. The Morgan fingerprint density at radius 2 is 1.92 bits per heavy atom. The summed E-state index contributed by atoms with van der Waals surface area (Å²) in [4.78, 5) is 21.2. The predicted molar refractivity (Wildman–Crippen MR) is 43.9 cm³/mol. The Morgan fingerprint density at radius 1 is 1.42 bits per heavy atom. The van der Waals surface area contributed by atoms with Crippen molar-refractivity contribution in [3.63, 3.8) is 0 Å². The maximum Gasteiger partial charge on any atom is 0.314 e. The molecule has 0 radical (unpaired) electrons. The Labute approximate surface area is 71.1 Å². The highest BCUT2D eigenvalue weighted by Crippen LogP contribution is 2.12. The number of nitrogens with one attached hydrogen (secondary N) is 2. The molecule has 0 heterocycles. The molecule has 5 heteroatoms. The van der Waals surface area contributed by atoms with Crippen molar-refractivity contribution in [2.24, 2.45) is 5.41 Å². The molecule has 70 valence electrons. The second-order valence-electron chi connectivity index (χ2n) is 3.12. The van der Waals surface area contributed by atoms with Crippen molar-refractivity contribution in [3.05, 3.63) is 0 Å². The minimum absolute atomic E-state index is 0.113. The Hall–Kier alpha value is -1.26. The van der Waals surface area contributed by atoms with E-state index in [4.69, 9.17) is 5.11 Å². The Balaban J connectivity index is 3.92. The lowest BCUT2D eigenvalue weighted by Crippen LogP contribution is -2.42. The van der Waals surface area contributed by atoms with Crippen LogP contribution in [0.25, 0.3) is 0 Å². The molecule has 0 rings (SSSR count). The summed E-state index contributed by atoms with van der Waals surface area (Å²) in [6.45, 7) is 3.21. The monoisotopic (exact) mass is 174 g/mol. The third-order valence-corrected chi connectivity index (χ3v) is 1.50. The molecule has 0 fully saturated rings. The highest BCUT2D eigenvalue weighted by molar-refractivity contribution is 5.77.